The van der Waals surface area contributed by atoms with E-state index in [0.29, 0.717) is 0 Å². The molecule has 2 aliphatic rings. The van der Waals surface area contributed by atoms with Crippen molar-refractivity contribution in [1.82, 2.24) is 0 Å². The van der Waals surface area contributed by atoms with Crippen LogP contribution >= 0.6 is 0 Å². The molecular formula is C19H33NO6. The van der Waals surface area contributed by atoms with Gasteiger partial charge in [0.15, 0.2) is 11.2 Å². The van der Waals surface area contributed by atoms with Crippen LogP contribution in [0, 0.1) is 11.8 Å². The Bertz CT molecular complexity index is 494. The number of carbonyl (C=O) groups excluding carboxylic acids is 2. The summed E-state index contributed by atoms with van der Waals surface area (Å²) < 4.78 is 10.1. The van der Waals surface area contributed by atoms with E-state index in [-0.39, 0.29) is 37.9 Å². The summed E-state index contributed by atoms with van der Waals surface area (Å²) in [6, 6.07) is 0. The van der Waals surface area contributed by atoms with Gasteiger partial charge >= 0.3 is 11.9 Å². The lowest BCUT2D eigenvalue weighted by molar-refractivity contribution is -0.223. The van der Waals surface area contributed by atoms with Crippen LogP contribution in [-0.4, -0.2) is 52.1 Å². The van der Waals surface area contributed by atoms with Crippen LogP contribution in [0.5, 0.6) is 0 Å². The van der Waals surface area contributed by atoms with Crippen LogP contribution in [0.3, 0.4) is 0 Å². The Morgan fingerprint density at radius 2 is 1.35 bits per heavy atom. The van der Waals surface area contributed by atoms with Gasteiger partial charge in [-0.2, -0.15) is 0 Å². The Balaban J connectivity index is 2.45. The van der Waals surface area contributed by atoms with Crippen molar-refractivity contribution >= 4 is 11.9 Å². The predicted molar refractivity (Wildman–Crippen MR) is 95.1 cm³/mol. The fourth-order valence-electron chi connectivity index (χ4n) is 4.63. The predicted octanol–water partition coefficient (Wildman–Crippen LogP) is 1.28. The molecule has 2 saturated carbocycles. The highest BCUT2D eigenvalue weighted by Gasteiger charge is 2.70. The number of aliphatic hydroxyl groups is 2. The van der Waals surface area contributed by atoms with Crippen molar-refractivity contribution < 1.29 is 29.3 Å². The summed E-state index contributed by atoms with van der Waals surface area (Å²) in [6.07, 6.45) is 5.33. The van der Waals surface area contributed by atoms with Crippen LogP contribution in [0.2, 0.25) is 0 Å². The molecule has 0 amide bonds. The van der Waals surface area contributed by atoms with Gasteiger partial charge in [-0.05, 0) is 45.4 Å². The molecule has 26 heavy (non-hydrogen) atoms. The fraction of sp³-hybridized carbons (Fsp3) is 0.895. The van der Waals surface area contributed by atoms with Gasteiger partial charge in [0.25, 0.3) is 0 Å². The van der Waals surface area contributed by atoms with Crippen LogP contribution in [0.25, 0.3) is 0 Å². The maximum absolute atomic E-state index is 12.6. The highest BCUT2D eigenvalue weighted by molar-refractivity contribution is 5.88. The van der Waals surface area contributed by atoms with Crippen molar-refractivity contribution in [2.24, 2.45) is 17.6 Å². The number of carbonyl (C=O) groups is 2. The third-order valence-corrected chi connectivity index (χ3v) is 6.38. The fourth-order valence-corrected chi connectivity index (χ4v) is 4.63. The number of nitrogens with two attached hydrogens (primary N) is 1. The van der Waals surface area contributed by atoms with Gasteiger partial charge in [-0.15, -0.1) is 0 Å². The molecule has 4 atom stereocenters. The zero-order valence-corrected chi connectivity index (χ0v) is 16.1. The first-order valence-electron chi connectivity index (χ1n) is 9.72. The van der Waals surface area contributed by atoms with Crippen LogP contribution in [0.15, 0.2) is 0 Å². The van der Waals surface area contributed by atoms with Crippen LogP contribution in [-0.2, 0) is 19.1 Å². The van der Waals surface area contributed by atoms with E-state index in [2.05, 4.69) is 0 Å². The molecule has 4 N–H and O–H groups in total. The van der Waals surface area contributed by atoms with Crippen molar-refractivity contribution in [2.75, 3.05) is 13.2 Å². The minimum Gasteiger partial charge on any atom is -0.464 e. The average Bonchev–Trinajstić information content (AvgIpc) is 2.60. The monoisotopic (exact) mass is 371 g/mol. The summed E-state index contributed by atoms with van der Waals surface area (Å²) >= 11 is 0. The van der Waals surface area contributed by atoms with Crippen molar-refractivity contribution in [1.29, 1.82) is 0 Å². The summed E-state index contributed by atoms with van der Waals surface area (Å²) in [5.74, 6) is -1.78. The molecule has 0 unspecified atom stereocenters. The summed E-state index contributed by atoms with van der Waals surface area (Å²) in [5.41, 5.74) is 0.0367. The van der Waals surface area contributed by atoms with Crippen LogP contribution in [0.1, 0.15) is 65.7 Å². The average molecular weight is 371 g/mol. The maximum Gasteiger partial charge on any atom is 0.340 e. The molecular weight excluding hydrogens is 338 g/mol. The number of ether oxygens (including phenoxy) is 2. The molecule has 0 aliphatic heterocycles. The molecule has 0 aromatic carbocycles. The van der Waals surface area contributed by atoms with Crippen molar-refractivity contribution in [3.8, 4) is 0 Å². The van der Waals surface area contributed by atoms with Gasteiger partial charge in [0.2, 0.25) is 0 Å². The minimum atomic E-state index is -2.16. The van der Waals surface area contributed by atoms with Gasteiger partial charge < -0.3 is 25.4 Å². The maximum atomic E-state index is 12.6. The highest BCUT2D eigenvalue weighted by atomic mass is 16.6. The van der Waals surface area contributed by atoms with Crippen molar-refractivity contribution in [3.63, 3.8) is 0 Å². The molecule has 0 aromatic heterocycles. The molecule has 7 nitrogen and oxygen atoms in total. The second kappa shape index (κ2) is 7.82. The second-order valence-electron chi connectivity index (χ2n) is 7.93. The van der Waals surface area contributed by atoms with Gasteiger partial charge in [-0.25, -0.2) is 9.59 Å². The first-order chi connectivity index (χ1) is 12.1. The van der Waals surface area contributed by atoms with Crippen LogP contribution in [0.4, 0.5) is 0 Å². The Morgan fingerprint density at radius 3 is 1.73 bits per heavy atom. The largest absolute Gasteiger partial charge is 0.464 e. The van der Waals surface area contributed by atoms with E-state index in [4.69, 9.17) is 15.2 Å². The van der Waals surface area contributed by atoms with E-state index in [1.165, 1.54) is 6.92 Å². The smallest absolute Gasteiger partial charge is 0.340 e. The van der Waals surface area contributed by atoms with E-state index in [1.807, 2.05) is 0 Å². The first-order valence-corrected chi connectivity index (χ1v) is 9.72. The van der Waals surface area contributed by atoms with E-state index < -0.39 is 28.7 Å². The zero-order chi connectivity index (χ0) is 19.6. The quantitative estimate of drug-likeness (QED) is 0.623. The van der Waals surface area contributed by atoms with Gasteiger partial charge in [-0.3, -0.25) is 0 Å². The molecule has 0 saturated heterocycles. The lowest BCUT2D eigenvalue weighted by Gasteiger charge is -2.55. The van der Waals surface area contributed by atoms with E-state index >= 15 is 0 Å². The molecule has 7 heteroatoms. The SMILES string of the molecule is CCOC(=O)[C@]1(O)C[C@H](C2CCCCC2)C[C@](O)(C(=O)OCC)[C@]1(C)N. The molecule has 2 fully saturated rings. The van der Waals surface area contributed by atoms with E-state index in [9.17, 15) is 19.8 Å². The first kappa shape index (κ1) is 21.1. The third-order valence-electron chi connectivity index (χ3n) is 6.38. The standard InChI is InChI=1S/C19H33NO6/c1-4-25-15(21)18(23)11-14(13-9-7-6-8-10-13)12-19(24,17(18,3)20)16(22)26-5-2/h13-14,23-24H,4-12,20H2,1-3H3/t14-,17+,18+,19-. The van der Waals surface area contributed by atoms with E-state index in [0.717, 1.165) is 32.1 Å². The van der Waals surface area contributed by atoms with Gasteiger partial charge in [0.05, 0.1) is 18.8 Å². The lowest BCUT2D eigenvalue weighted by Crippen LogP contribution is -2.80. The molecule has 2 aliphatic carbocycles. The topological polar surface area (TPSA) is 119 Å². The Labute approximate surface area is 155 Å². The molecule has 0 aromatic rings. The zero-order valence-electron chi connectivity index (χ0n) is 16.1. The molecule has 2 rings (SSSR count). The number of hydrogen-bond acceptors (Lipinski definition) is 7. The number of rotatable bonds is 5. The van der Waals surface area contributed by atoms with Gasteiger partial charge in [-0.1, -0.05) is 32.1 Å². The molecule has 150 valence electrons. The normalized spacial score (nSPS) is 38.6. The van der Waals surface area contributed by atoms with Gasteiger partial charge in [0, 0.05) is 0 Å². The van der Waals surface area contributed by atoms with E-state index in [1.54, 1.807) is 13.8 Å². The molecule has 0 spiro atoms. The Hall–Kier alpha value is -1.18. The number of esters is 2. The summed E-state index contributed by atoms with van der Waals surface area (Å²) in [5, 5.41) is 22.6. The molecule has 0 bridgehead atoms. The van der Waals surface area contributed by atoms with Crippen LogP contribution < -0.4 is 5.73 Å². The second-order valence-corrected chi connectivity index (χ2v) is 7.93. The van der Waals surface area contributed by atoms with Gasteiger partial charge in [0.1, 0.15) is 0 Å². The molecule has 0 radical (unpaired) electrons. The molecule has 0 heterocycles. The summed E-state index contributed by atoms with van der Waals surface area (Å²) in [6.45, 7) is 4.74. The Kier molecular flexibility index (Phi) is 6.36. The summed E-state index contributed by atoms with van der Waals surface area (Å²) in [4.78, 5) is 25.2. The highest BCUT2D eigenvalue weighted by Crippen LogP contribution is 2.50. The Morgan fingerprint density at radius 1 is 0.923 bits per heavy atom. The lowest BCUT2D eigenvalue weighted by atomic mass is 9.55. The third kappa shape index (κ3) is 3.37. The van der Waals surface area contributed by atoms with Crippen molar-refractivity contribution in [3.05, 3.63) is 0 Å². The summed E-state index contributed by atoms with van der Waals surface area (Å²) in [7, 11) is 0. The minimum absolute atomic E-state index is 0.0726. The number of hydrogen-bond donors (Lipinski definition) is 3. The van der Waals surface area contributed by atoms with Crippen molar-refractivity contribution in [2.45, 2.75) is 82.5 Å².